The first kappa shape index (κ1) is 14.2. The standard InChI is InChI=1S/C13H18N2O3/c1-10(17)11-5-3-6-12(9-11)14-13(18)15(2)7-4-8-16/h3,5-6,9,16H,4,7-8H2,1-2H3,(H,14,18). The maximum Gasteiger partial charge on any atom is 0.321 e. The summed E-state index contributed by atoms with van der Waals surface area (Å²) in [6, 6.07) is 6.53. The van der Waals surface area contributed by atoms with Crippen molar-refractivity contribution in [1.82, 2.24) is 4.90 Å². The maximum absolute atomic E-state index is 11.7. The molecule has 0 saturated carbocycles. The van der Waals surface area contributed by atoms with E-state index >= 15 is 0 Å². The van der Waals surface area contributed by atoms with Crippen molar-refractivity contribution >= 4 is 17.5 Å². The molecule has 2 amide bonds. The van der Waals surface area contributed by atoms with Crippen LogP contribution in [-0.2, 0) is 0 Å². The molecule has 0 aromatic heterocycles. The van der Waals surface area contributed by atoms with Crippen molar-refractivity contribution in [2.24, 2.45) is 0 Å². The molecule has 98 valence electrons. The number of benzene rings is 1. The van der Waals surface area contributed by atoms with Gasteiger partial charge >= 0.3 is 6.03 Å². The third-order valence-corrected chi connectivity index (χ3v) is 2.52. The van der Waals surface area contributed by atoms with Gasteiger partial charge in [0.2, 0.25) is 0 Å². The van der Waals surface area contributed by atoms with Gasteiger partial charge < -0.3 is 15.3 Å². The molecule has 0 atom stereocenters. The highest BCUT2D eigenvalue weighted by Crippen LogP contribution is 2.11. The van der Waals surface area contributed by atoms with Gasteiger partial charge in [-0.2, -0.15) is 0 Å². The van der Waals surface area contributed by atoms with E-state index in [1.165, 1.54) is 11.8 Å². The Morgan fingerprint density at radius 2 is 2.11 bits per heavy atom. The highest BCUT2D eigenvalue weighted by atomic mass is 16.3. The van der Waals surface area contributed by atoms with E-state index in [1.54, 1.807) is 31.3 Å². The van der Waals surface area contributed by atoms with Gasteiger partial charge in [0.15, 0.2) is 5.78 Å². The number of hydrogen-bond acceptors (Lipinski definition) is 3. The van der Waals surface area contributed by atoms with Gasteiger partial charge in [-0.25, -0.2) is 4.79 Å². The SMILES string of the molecule is CC(=O)c1cccc(NC(=O)N(C)CCCO)c1. The molecule has 0 aliphatic rings. The van der Waals surface area contributed by atoms with Crippen molar-refractivity contribution < 1.29 is 14.7 Å². The highest BCUT2D eigenvalue weighted by Gasteiger charge is 2.08. The molecule has 2 N–H and O–H groups in total. The molecular formula is C13H18N2O3. The molecule has 0 unspecified atom stereocenters. The summed E-state index contributed by atoms with van der Waals surface area (Å²) in [5.41, 5.74) is 1.15. The fourth-order valence-electron chi connectivity index (χ4n) is 1.44. The first-order chi connectivity index (χ1) is 8.54. The van der Waals surface area contributed by atoms with Crippen molar-refractivity contribution in [3.8, 4) is 0 Å². The molecule has 1 aromatic carbocycles. The molecule has 0 aliphatic heterocycles. The van der Waals surface area contributed by atoms with Gasteiger partial charge in [-0.1, -0.05) is 12.1 Å². The summed E-state index contributed by atoms with van der Waals surface area (Å²) in [5, 5.41) is 11.4. The number of amides is 2. The van der Waals surface area contributed by atoms with Crippen LogP contribution in [0.1, 0.15) is 23.7 Å². The zero-order valence-electron chi connectivity index (χ0n) is 10.6. The fourth-order valence-corrected chi connectivity index (χ4v) is 1.44. The van der Waals surface area contributed by atoms with Crippen LogP contribution in [0.5, 0.6) is 0 Å². The lowest BCUT2D eigenvalue weighted by Gasteiger charge is -2.17. The van der Waals surface area contributed by atoms with Crippen LogP contribution in [0.3, 0.4) is 0 Å². The minimum atomic E-state index is -0.260. The first-order valence-corrected chi connectivity index (χ1v) is 5.78. The van der Waals surface area contributed by atoms with E-state index in [0.29, 0.717) is 24.2 Å². The number of carbonyl (C=O) groups excluding carboxylic acids is 2. The van der Waals surface area contributed by atoms with Crippen molar-refractivity contribution in [3.63, 3.8) is 0 Å². The van der Waals surface area contributed by atoms with Gasteiger partial charge in [0, 0.05) is 31.5 Å². The Bertz CT molecular complexity index is 432. The Labute approximate surface area is 106 Å². The normalized spacial score (nSPS) is 9.94. The van der Waals surface area contributed by atoms with Gasteiger partial charge in [-0.15, -0.1) is 0 Å². The average molecular weight is 250 g/mol. The Hall–Kier alpha value is -1.88. The molecule has 0 saturated heterocycles. The number of nitrogens with one attached hydrogen (secondary N) is 1. The molecule has 0 radical (unpaired) electrons. The predicted octanol–water partition coefficient (Wildman–Crippen LogP) is 1.74. The quantitative estimate of drug-likeness (QED) is 0.782. The molecule has 0 bridgehead atoms. The summed E-state index contributed by atoms with van der Waals surface area (Å²) in [7, 11) is 1.65. The zero-order valence-corrected chi connectivity index (χ0v) is 10.6. The number of nitrogens with zero attached hydrogens (tertiary/aromatic N) is 1. The van der Waals surface area contributed by atoms with Gasteiger partial charge in [0.05, 0.1) is 0 Å². The number of urea groups is 1. The number of rotatable bonds is 5. The highest BCUT2D eigenvalue weighted by molar-refractivity contribution is 5.96. The average Bonchev–Trinajstić information content (AvgIpc) is 2.36. The molecule has 5 nitrogen and oxygen atoms in total. The molecule has 0 aliphatic carbocycles. The molecule has 1 rings (SSSR count). The lowest BCUT2D eigenvalue weighted by molar-refractivity contribution is 0.101. The fraction of sp³-hybridized carbons (Fsp3) is 0.385. The van der Waals surface area contributed by atoms with E-state index in [2.05, 4.69) is 5.32 Å². The monoisotopic (exact) mass is 250 g/mol. The Morgan fingerprint density at radius 3 is 2.72 bits per heavy atom. The summed E-state index contributed by atoms with van der Waals surface area (Å²) < 4.78 is 0. The second kappa shape index (κ2) is 6.76. The van der Waals surface area contributed by atoms with Gasteiger partial charge in [0.25, 0.3) is 0 Å². The van der Waals surface area contributed by atoms with Crippen molar-refractivity contribution in [3.05, 3.63) is 29.8 Å². The number of hydrogen-bond donors (Lipinski definition) is 2. The van der Waals surface area contributed by atoms with Gasteiger partial charge in [0.1, 0.15) is 0 Å². The van der Waals surface area contributed by atoms with Gasteiger partial charge in [-0.05, 0) is 25.5 Å². The second-order valence-electron chi connectivity index (χ2n) is 4.07. The summed E-state index contributed by atoms with van der Waals surface area (Å²) in [5.74, 6) is -0.0419. The summed E-state index contributed by atoms with van der Waals surface area (Å²) >= 11 is 0. The van der Waals surface area contributed by atoms with Crippen molar-refractivity contribution in [1.29, 1.82) is 0 Å². The predicted molar refractivity (Wildman–Crippen MR) is 69.8 cm³/mol. The lowest BCUT2D eigenvalue weighted by Crippen LogP contribution is -2.32. The summed E-state index contributed by atoms with van der Waals surface area (Å²) in [4.78, 5) is 24.4. The topological polar surface area (TPSA) is 69.6 Å². The molecular weight excluding hydrogens is 232 g/mol. The minimum Gasteiger partial charge on any atom is -0.396 e. The molecule has 1 aromatic rings. The van der Waals surface area contributed by atoms with Crippen molar-refractivity contribution in [2.45, 2.75) is 13.3 Å². The van der Waals surface area contributed by atoms with Crippen LogP contribution in [0.15, 0.2) is 24.3 Å². The van der Waals surface area contributed by atoms with E-state index in [1.807, 2.05) is 0 Å². The number of ketones is 1. The molecule has 18 heavy (non-hydrogen) atoms. The Kier molecular flexibility index (Phi) is 5.32. The number of Topliss-reactive ketones (excluding diaryl/α,β-unsaturated/α-hetero) is 1. The van der Waals surface area contributed by atoms with E-state index in [0.717, 1.165) is 0 Å². The summed E-state index contributed by atoms with van der Waals surface area (Å²) in [6.07, 6.45) is 0.539. The van der Waals surface area contributed by atoms with E-state index in [-0.39, 0.29) is 18.4 Å². The number of carbonyl (C=O) groups is 2. The third-order valence-electron chi connectivity index (χ3n) is 2.52. The Balaban J connectivity index is 2.64. The van der Waals surface area contributed by atoms with Crippen LogP contribution in [0, 0.1) is 0 Å². The smallest absolute Gasteiger partial charge is 0.321 e. The maximum atomic E-state index is 11.7. The number of aliphatic hydroxyl groups is 1. The van der Waals surface area contributed by atoms with Crippen LogP contribution in [-0.4, -0.2) is 42.0 Å². The third kappa shape index (κ3) is 4.18. The zero-order chi connectivity index (χ0) is 13.5. The van der Waals surface area contributed by atoms with Gasteiger partial charge in [-0.3, -0.25) is 4.79 Å². The van der Waals surface area contributed by atoms with Crippen LogP contribution < -0.4 is 5.32 Å². The second-order valence-corrected chi connectivity index (χ2v) is 4.07. The first-order valence-electron chi connectivity index (χ1n) is 5.78. The molecule has 0 heterocycles. The van der Waals surface area contributed by atoms with E-state index in [4.69, 9.17) is 5.11 Å². The van der Waals surface area contributed by atoms with Crippen LogP contribution in [0.25, 0.3) is 0 Å². The number of aliphatic hydroxyl groups excluding tert-OH is 1. The molecule has 0 spiro atoms. The van der Waals surface area contributed by atoms with E-state index < -0.39 is 0 Å². The largest absolute Gasteiger partial charge is 0.396 e. The van der Waals surface area contributed by atoms with Crippen molar-refractivity contribution in [2.75, 3.05) is 25.5 Å². The van der Waals surface area contributed by atoms with Crippen LogP contribution >= 0.6 is 0 Å². The molecule has 5 heteroatoms. The summed E-state index contributed by atoms with van der Waals surface area (Å²) in [6.45, 7) is 2.01. The Morgan fingerprint density at radius 1 is 1.39 bits per heavy atom. The molecule has 0 fully saturated rings. The lowest BCUT2D eigenvalue weighted by atomic mass is 10.1. The number of anilines is 1. The van der Waals surface area contributed by atoms with Crippen LogP contribution in [0.4, 0.5) is 10.5 Å². The van der Waals surface area contributed by atoms with E-state index in [9.17, 15) is 9.59 Å². The minimum absolute atomic E-state index is 0.0419. The van der Waals surface area contributed by atoms with Crippen LogP contribution in [0.2, 0.25) is 0 Å².